The topological polar surface area (TPSA) is 75.7 Å². The van der Waals surface area contributed by atoms with Crippen molar-refractivity contribution >= 4 is 51.7 Å². The summed E-state index contributed by atoms with van der Waals surface area (Å²) in [5.41, 5.74) is 1.74. The average molecular weight is 464 g/mol. The first-order chi connectivity index (χ1) is 12.5. The van der Waals surface area contributed by atoms with Gasteiger partial charge in [0.05, 0.1) is 5.56 Å². The van der Waals surface area contributed by atoms with Gasteiger partial charge in [-0.1, -0.05) is 0 Å². The first-order valence-electron chi connectivity index (χ1n) is 8.16. The number of hydrogen-bond acceptors (Lipinski definition) is 4. The van der Waals surface area contributed by atoms with Crippen LogP contribution in [0, 0.1) is 3.57 Å². The van der Waals surface area contributed by atoms with Gasteiger partial charge in [0.2, 0.25) is 5.91 Å². The Balaban J connectivity index is 1.52. The lowest BCUT2D eigenvalue weighted by Crippen LogP contribution is -2.23. The fourth-order valence-electron chi connectivity index (χ4n) is 2.64. The number of esters is 1. The molecule has 0 unspecified atom stereocenters. The Morgan fingerprint density at radius 2 is 1.77 bits per heavy atom. The van der Waals surface area contributed by atoms with Gasteiger partial charge in [0.1, 0.15) is 0 Å². The van der Waals surface area contributed by atoms with E-state index >= 15 is 0 Å². The van der Waals surface area contributed by atoms with Gasteiger partial charge in [-0.3, -0.25) is 9.59 Å². The van der Waals surface area contributed by atoms with Crippen LogP contribution in [0.5, 0.6) is 0 Å². The van der Waals surface area contributed by atoms with Crippen molar-refractivity contribution in [1.29, 1.82) is 0 Å². The van der Waals surface area contributed by atoms with Crippen molar-refractivity contribution in [2.45, 2.75) is 12.8 Å². The molecule has 26 heavy (non-hydrogen) atoms. The molecule has 0 spiro atoms. The van der Waals surface area contributed by atoms with Gasteiger partial charge < -0.3 is 15.0 Å². The molecule has 0 saturated carbocycles. The molecule has 0 atom stereocenters. The Labute approximate surface area is 164 Å². The van der Waals surface area contributed by atoms with Gasteiger partial charge in [-0.05, 0) is 77.5 Å². The molecular formula is C19H17IN2O4. The number of amides is 2. The standard InChI is InChI=1S/C19H17IN2O4/c20-14-5-7-15(8-6-14)21-17(23)12-26-19(25)13-3-9-16(10-4-13)22-11-1-2-18(22)24/h3-10H,1-2,11-12H2,(H,21,23). The van der Waals surface area contributed by atoms with E-state index in [4.69, 9.17) is 4.74 Å². The molecule has 1 heterocycles. The molecule has 0 bridgehead atoms. The second-order valence-electron chi connectivity index (χ2n) is 5.83. The van der Waals surface area contributed by atoms with Gasteiger partial charge >= 0.3 is 5.97 Å². The zero-order valence-corrected chi connectivity index (χ0v) is 16.1. The highest BCUT2D eigenvalue weighted by atomic mass is 127. The van der Waals surface area contributed by atoms with Crippen molar-refractivity contribution < 1.29 is 19.1 Å². The minimum Gasteiger partial charge on any atom is -0.452 e. The third kappa shape index (κ3) is 4.60. The van der Waals surface area contributed by atoms with E-state index in [0.29, 0.717) is 24.2 Å². The van der Waals surface area contributed by atoms with Crippen LogP contribution in [-0.2, 0) is 14.3 Å². The highest BCUT2D eigenvalue weighted by Gasteiger charge is 2.21. The predicted octanol–water partition coefficient (Wildman–Crippen LogP) is 3.21. The first-order valence-corrected chi connectivity index (χ1v) is 9.24. The minimum absolute atomic E-state index is 0.0904. The number of ether oxygens (including phenoxy) is 1. The summed E-state index contributed by atoms with van der Waals surface area (Å²) in [6.45, 7) is 0.332. The molecule has 6 nitrogen and oxygen atoms in total. The summed E-state index contributed by atoms with van der Waals surface area (Å²) in [5.74, 6) is -0.895. The van der Waals surface area contributed by atoms with E-state index in [9.17, 15) is 14.4 Å². The summed E-state index contributed by atoms with van der Waals surface area (Å²) in [7, 11) is 0. The van der Waals surface area contributed by atoms with Crippen LogP contribution in [0.2, 0.25) is 0 Å². The van der Waals surface area contributed by atoms with Gasteiger partial charge in [-0.2, -0.15) is 0 Å². The number of rotatable bonds is 5. The second kappa shape index (κ2) is 8.31. The molecule has 1 aliphatic heterocycles. The smallest absolute Gasteiger partial charge is 0.338 e. The number of hydrogen-bond donors (Lipinski definition) is 1. The number of nitrogens with one attached hydrogen (secondary N) is 1. The summed E-state index contributed by atoms with van der Waals surface area (Å²) in [6, 6.07) is 13.9. The third-order valence-corrected chi connectivity index (χ3v) is 4.67. The fourth-order valence-corrected chi connectivity index (χ4v) is 3.00. The molecule has 0 aromatic heterocycles. The fraction of sp³-hybridized carbons (Fsp3) is 0.211. The number of nitrogens with zero attached hydrogens (tertiary/aromatic N) is 1. The maximum Gasteiger partial charge on any atom is 0.338 e. The molecule has 0 aliphatic carbocycles. The summed E-state index contributed by atoms with van der Waals surface area (Å²) in [6.07, 6.45) is 1.40. The minimum atomic E-state index is -0.581. The Morgan fingerprint density at radius 1 is 1.08 bits per heavy atom. The molecule has 2 amide bonds. The van der Waals surface area contributed by atoms with Crippen molar-refractivity contribution in [2.24, 2.45) is 0 Å². The van der Waals surface area contributed by atoms with E-state index in [1.165, 1.54) is 0 Å². The van der Waals surface area contributed by atoms with E-state index < -0.39 is 11.9 Å². The lowest BCUT2D eigenvalue weighted by Gasteiger charge is -2.15. The van der Waals surface area contributed by atoms with E-state index in [1.807, 2.05) is 12.1 Å². The van der Waals surface area contributed by atoms with E-state index in [1.54, 1.807) is 41.3 Å². The number of carbonyl (C=O) groups excluding carboxylic acids is 3. The Morgan fingerprint density at radius 3 is 2.38 bits per heavy atom. The van der Waals surface area contributed by atoms with Gasteiger partial charge in [0, 0.05) is 27.9 Å². The maximum absolute atomic E-state index is 12.1. The quantitative estimate of drug-likeness (QED) is 0.545. The van der Waals surface area contributed by atoms with Gasteiger partial charge in [-0.25, -0.2) is 4.79 Å². The highest BCUT2D eigenvalue weighted by Crippen LogP contribution is 2.21. The summed E-state index contributed by atoms with van der Waals surface area (Å²) in [5, 5.41) is 2.66. The molecule has 3 rings (SSSR count). The van der Waals surface area contributed by atoms with Crippen LogP contribution in [0.4, 0.5) is 11.4 Å². The van der Waals surface area contributed by atoms with Crippen molar-refractivity contribution in [1.82, 2.24) is 0 Å². The van der Waals surface area contributed by atoms with Crippen LogP contribution < -0.4 is 10.2 Å². The second-order valence-corrected chi connectivity index (χ2v) is 7.07. The molecule has 1 saturated heterocycles. The van der Waals surface area contributed by atoms with Gasteiger partial charge in [0.25, 0.3) is 5.91 Å². The van der Waals surface area contributed by atoms with Crippen molar-refractivity contribution in [3.05, 3.63) is 57.7 Å². The lowest BCUT2D eigenvalue weighted by molar-refractivity contribution is -0.119. The monoisotopic (exact) mass is 464 g/mol. The average Bonchev–Trinajstić information content (AvgIpc) is 3.08. The van der Waals surface area contributed by atoms with Crippen LogP contribution >= 0.6 is 22.6 Å². The molecule has 1 aliphatic rings. The molecule has 2 aromatic rings. The largest absolute Gasteiger partial charge is 0.452 e. The lowest BCUT2D eigenvalue weighted by atomic mass is 10.2. The van der Waals surface area contributed by atoms with E-state index in [2.05, 4.69) is 27.9 Å². The van der Waals surface area contributed by atoms with Crippen molar-refractivity contribution in [3.8, 4) is 0 Å². The van der Waals surface area contributed by atoms with E-state index in [0.717, 1.165) is 15.7 Å². The van der Waals surface area contributed by atoms with Crippen LogP contribution in [0.1, 0.15) is 23.2 Å². The molecule has 1 fully saturated rings. The number of carbonyl (C=O) groups is 3. The molecular weight excluding hydrogens is 447 g/mol. The van der Waals surface area contributed by atoms with E-state index in [-0.39, 0.29) is 12.5 Å². The van der Waals surface area contributed by atoms with Crippen LogP contribution in [0.25, 0.3) is 0 Å². The Hall–Kier alpha value is -2.42. The number of halogens is 1. The van der Waals surface area contributed by atoms with Gasteiger partial charge in [-0.15, -0.1) is 0 Å². The molecule has 1 N–H and O–H groups in total. The Kier molecular flexibility index (Phi) is 5.87. The zero-order chi connectivity index (χ0) is 18.5. The molecule has 134 valence electrons. The summed E-state index contributed by atoms with van der Waals surface area (Å²) in [4.78, 5) is 37.3. The van der Waals surface area contributed by atoms with Crippen LogP contribution in [0.3, 0.4) is 0 Å². The zero-order valence-electron chi connectivity index (χ0n) is 13.9. The summed E-state index contributed by atoms with van der Waals surface area (Å²) < 4.78 is 6.10. The van der Waals surface area contributed by atoms with Crippen LogP contribution in [-0.4, -0.2) is 30.9 Å². The van der Waals surface area contributed by atoms with Crippen molar-refractivity contribution in [3.63, 3.8) is 0 Å². The molecule has 7 heteroatoms. The Bertz CT molecular complexity index is 818. The van der Waals surface area contributed by atoms with Crippen LogP contribution in [0.15, 0.2) is 48.5 Å². The first kappa shape index (κ1) is 18.4. The predicted molar refractivity (Wildman–Crippen MR) is 106 cm³/mol. The number of anilines is 2. The normalized spacial score (nSPS) is 13.6. The molecule has 2 aromatic carbocycles. The maximum atomic E-state index is 12.1. The van der Waals surface area contributed by atoms with Crippen molar-refractivity contribution in [2.75, 3.05) is 23.4 Å². The number of benzene rings is 2. The summed E-state index contributed by atoms with van der Waals surface area (Å²) >= 11 is 2.17. The highest BCUT2D eigenvalue weighted by molar-refractivity contribution is 14.1. The van der Waals surface area contributed by atoms with Gasteiger partial charge in [0.15, 0.2) is 6.61 Å². The third-order valence-electron chi connectivity index (χ3n) is 3.95. The molecule has 0 radical (unpaired) electrons. The SMILES string of the molecule is O=C(COC(=O)c1ccc(N2CCCC2=O)cc1)Nc1ccc(I)cc1.